The summed E-state index contributed by atoms with van der Waals surface area (Å²) >= 11 is 0. The van der Waals surface area contributed by atoms with Crippen LogP contribution in [0.3, 0.4) is 0 Å². The van der Waals surface area contributed by atoms with Gasteiger partial charge in [-0.1, -0.05) is 6.07 Å². The van der Waals surface area contributed by atoms with E-state index in [1.165, 1.54) is 12.4 Å². The summed E-state index contributed by atoms with van der Waals surface area (Å²) in [6.07, 6.45) is 4.71. The Morgan fingerprint density at radius 3 is 2.83 bits per heavy atom. The highest BCUT2D eigenvalue weighted by Crippen LogP contribution is 2.33. The van der Waals surface area contributed by atoms with Crippen molar-refractivity contribution in [1.82, 2.24) is 34.5 Å². The number of aryl methyl sites for hydroxylation is 1. The standard InChI is InChI=1S/C21H19FN8/c1-3-30-18-15(8-7-13(22)16(18)14-6-4-5-9-23-14)29-21(30)12(2)28-20-17-19(25-10-24-17)26-11-27-20/h4-12H,3H2,1-2H3,(H2,24,25,26,27,28). The lowest BCUT2D eigenvalue weighted by Crippen LogP contribution is -2.14. The maximum absolute atomic E-state index is 14.9. The Morgan fingerprint density at radius 2 is 2.03 bits per heavy atom. The fraction of sp³-hybridized carbons (Fsp3) is 0.190. The number of fused-ring (bicyclic) bond motifs is 2. The molecule has 0 amide bonds. The van der Waals surface area contributed by atoms with Crippen LogP contribution in [-0.4, -0.2) is 34.5 Å². The highest BCUT2D eigenvalue weighted by atomic mass is 19.1. The summed E-state index contributed by atoms with van der Waals surface area (Å²) < 4.78 is 16.9. The third-order valence-corrected chi connectivity index (χ3v) is 5.09. The van der Waals surface area contributed by atoms with Gasteiger partial charge in [0.1, 0.15) is 23.5 Å². The van der Waals surface area contributed by atoms with E-state index in [1.54, 1.807) is 18.6 Å². The fourth-order valence-electron chi connectivity index (χ4n) is 3.77. The Bertz CT molecular complexity index is 1340. The molecule has 0 radical (unpaired) electrons. The van der Waals surface area contributed by atoms with E-state index in [4.69, 9.17) is 4.98 Å². The molecule has 5 aromatic rings. The number of aromatic nitrogens is 7. The first-order valence-corrected chi connectivity index (χ1v) is 9.68. The molecule has 0 spiro atoms. The maximum atomic E-state index is 14.9. The van der Waals surface area contributed by atoms with Crippen molar-refractivity contribution in [2.75, 3.05) is 5.32 Å². The molecule has 0 saturated carbocycles. The average molecular weight is 402 g/mol. The van der Waals surface area contributed by atoms with Crippen LogP contribution in [0.5, 0.6) is 0 Å². The van der Waals surface area contributed by atoms with Gasteiger partial charge in [-0.3, -0.25) is 4.98 Å². The van der Waals surface area contributed by atoms with Crippen LogP contribution in [0.4, 0.5) is 10.2 Å². The molecule has 150 valence electrons. The number of aromatic amines is 1. The zero-order chi connectivity index (χ0) is 20.7. The Hall–Kier alpha value is -3.88. The van der Waals surface area contributed by atoms with Crippen molar-refractivity contribution in [3.05, 3.63) is 60.8 Å². The van der Waals surface area contributed by atoms with Crippen molar-refractivity contribution in [3.8, 4) is 11.3 Å². The van der Waals surface area contributed by atoms with Crippen LogP contribution >= 0.6 is 0 Å². The van der Waals surface area contributed by atoms with Crippen LogP contribution in [0, 0.1) is 5.82 Å². The van der Waals surface area contributed by atoms with Crippen molar-refractivity contribution < 1.29 is 4.39 Å². The number of pyridine rings is 1. The molecule has 5 rings (SSSR count). The van der Waals surface area contributed by atoms with E-state index in [9.17, 15) is 4.39 Å². The van der Waals surface area contributed by atoms with Gasteiger partial charge in [-0.2, -0.15) is 0 Å². The van der Waals surface area contributed by atoms with Crippen molar-refractivity contribution in [2.45, 2.75) is 26.4 Å². The molecule has 4 aromatic heterocycles. The number of nitrogens with zero attached hydrogens (tertiary/aromatic N) is 6. The minimum atomic E-state index is -0.321. The van der Waals surface area contributed by atoms with Crippen LogP contribution < -0.4 is 5.32 Å². The van der Waals surface area contributed by atoms with E-state index in [-0.39, 0.29) is 11.9 Å². The number of nitrogens with one attached hydrogen (secondary N) is 2. The lowest BCUT2D eigenvalue weighted by atomic mass is 10.1. The van der Waals surface area contributed by atoms with Gasteiger partial charge in [0.25, 0.3) is 0 Å². The quantitative estimate of drug-likeness (QED) is 0.459. The van der Waals surface area contributed by atoms with E-state index in [0.717, 1.165) is 22.4 Å². The number of imidazole rings is 2. The summed E-state index contributed by atoms with van der Waals surface area (Å²) in [6, 6.07) is 8.43. The number of anilines is 1. The molecular weight excluding hydrogens is 383 g/mol. The second kappa shape index (κ2) is 7.18. The van der Waals surface area contributed by atoms with Crippen LogP contribution in [0.2, 0.25) is 0 Å². The Labute approximate surface area is 171 Å². The molecule has 0 bridgehead atoms. The van der Waals surface area contributed by atoms with Crippen molar-refractivity contribution in [2.24, 2.45) is 0 Å². The molecule has 8 nitrogen and oxygen atoms in total. The van der Waals surface area contributed by atoms with E-state index in [2.05, 4.69) is 30.2 Å². The Balaban J connectivity index is 1.64. The summed E-state index contributed by atoms with van der Waals surface area (Å²) in [4.78, 5) is 24.9. The molecule has 4 heterocycles. The molecule has 30 heavy (non-hydrogen) atoms. The van der Waals surface area contributed by atoms with E-state index in [0.29, 0.717) is 29.3 Å². The van der Waals surface area contributed by atoms with Crippen molar-refractivity contribution >= 4 is 28.0 Å². The molecule has 0 saturated heterocycles. The van der Waals surface area contributed by atoms with Gasteiger partial charge >= 0.3 is 0 Å². The van der Waals surface area contributed by atoms with Crippen LogP contribution in [-0.2, 0) is 6.54 Å². The first-order chi connectivity index (χ1) is 14.7. The lowest BCUT2D eigenvalue weighted by molar-refractivity contribution is 0.629. The number of H-pyrrole nitrogens is 1. The molecular formula is C21H19FN8. The maximum Gasteiger partial charge on any atom is 0.182 e. The summed E-state index contributed by atoms with van der Waals surface area (Å²) in [6.45, 7) is 4.64. The van der Waals surface area contributed by atoms with Gasteiger partial charge in [0, 0.05) is 12.7 Å². The number of halogens is 1. The lowest BCUT2D eigenvalue weighted by Gasteiger charge is -2.16. The van der Waals surface area contributed by atoms with E-state index >= 15 is 0 Å². The van der Waals surface area contributed by atoms with Gasteiger partial charge < -0.3 is 14.9 Å². The van der Waals surface area contributed by atoms with Crippen LogP contribution in [0.25, 0.3) is 33.5 Å². The first kappa shape index (κ1) is 18.2. The van der Waals surface area contributed by atoms with Gasteiger partial charge in [0.15, 0.2) is 11.5 Å². The molecule has 1 atom stereocenters. The Morgan fingerprint density at radius 1 is 1.13 bits per heavy atom. The van der Waals surface area contributed by atoms with Gasteiger partial charge in [-0.15, -0.1) is 0 Å². The number of rotatable bonds is 5. The summed E-state index contributed by atoms with van der Waals surface area (Å²) in [7, 11) is 0. The topological polar surface area (TPSA) is 97.2 Å². The predicted molar refractivity (Wildman–Crippen MR) is 112 cm³/mol. The predicted octanol–water partition coefficient (Wildman–Crippen LogP) is 4.10. The first-order valence-electron chi connectivity index (χ1n) is 9.68. The second-order valence-electron chi connectivity index (χ2n) is 6.91. The zero-order valence-corrected chi connectivity index (χ0v) is 16.5. The molecule has 1 unspecified atom stereocenters. The summed E-state index contributed by atoms with van der Waals surface area (Å²) in [5.41, 5.74) is 3.80. The van der Waals surface area contributed by atoms with E-state index in [1.807, 2.05) is 36.6 Å². The van der Waals surface area contributed by atoms with Gasteiger partial charge in [-0.05, 0) is 38.1 Å². The minimum absolute atomic E-state index is 0.196. The minimum Gasteiger partial charge on any atom is -0.358 e. The number of hydrogen-bond donors (Lipinski definition) is 2. The zero-order valence-electron chi connectivity index (χ0n) is 16.5. The number of benzene rings is 1. The second-order valence-corrected chi connectivity index (χ2v) is 6.91. The Kier molecular flexibility index (Phi) is 4.35. The smallest absolute Gasteiger partial charge is 0.182 e. The SMILES string of the molecule is CCn1c(C(C)Nc2ncnc3nc[nH]c23)nc2ccc(F)c(-c3ccccn3)c21. The fourth-order valence-corrected chi connectivity index (χ4v) is 3.77. The highest BCUT2D eigenvalue weighted by Gasteiger charge is 2.22. The summed E-state index contributed by atoms with van der Waals surface area (Å²) in [5.74, 6) is 1.09. The molecule has 1 aromatic carbocycles. The van der Waals surface area contributed by atoms with Crippen molar-refractivity contribution in [3.63, 3.8) is 0 Å². The van der Waals surface area contributed by atoms with Crippen LogP contribution in [0.15, 0.2) is 49.2 Å². The summed E-state index contributed by atoms with van der Waals surface area (Å²) in [5, 5.41) is 3.38. The normalized spacial score (nSPS) is 12.5. The number of hydrogen-bond acceptors (Lipinski definition) is 6. The molecule has 0 aliphatic carbocycles. The van der Waals surface area contributed by atoms with Crippen LogP contribution in [0.1, 0.15) is 25.7 Å². The average Bonchev–Trinajstić information content (AvgIpc) is 3.39. The largest absolute Gasteiger partial charge is 0.358 e. The third-order valence-electron chi connectivity index (χ3n) is 5.09. The monoisotopic (exact) mass is 402 g/mol. The molecule has 0 fully saturated rings. The van der Waals surface area contributed by atoms with Gasteiger partial charge in [-0.25, -0.2) is 24.3 Å². The van der Waals surface area contributed by atoms with Crippen molar-refractivity contribution in [1.29, 1.82) is 0 Å². The van der Waals surface area contributed by atoms with Gasteiger partial charge in [0.2, 0.25) is 0 Å². The molecule has 0 aliphatic heterocycles. The molecule has 0 aliphatic rings. The third kappa shape index (κ3) is 2.86. The molecule has 9 heteroatoms. The van der Waals surface area contributed by atoms with E-state index < -0.39 is 0 Å². The van der Waals surface area contributed by atoms with Gasteiger partial charge in [0.05, 0.1) is 34.7 Å². The highest BCUT2D eigenvalue weighted by molar-refractivity contribution is 5.92. The molecule has 2 N–H and O–H groups in total.